The summed E-state index contributed by atoms with van der Waals surface area (Å²) in [6, 6.07) is 0. The quantitative estimate of drug-likeness (QED) is 0.320. The van der Waals surface area contributed by atoms with Crippen LogP contribution in [0.1, 0.15) is 126 Å². The van der Waals surface area contributed by atoms with Crippen molar-refractivity contribution >= 4 is 0 Å². The van der Waals surface area contributed by atoms with Gasteiger partial charge in [0.15, 0.2) is 0 Å². The summed E-state index contributed by atoms with van der Waals surface area (Å²) in [4.78, 5) is 0. The lowest BCUT2D eigenvalue weighted by Crippen LogP contribution is -2.56. The van der Waals surface area contributed by atoms with Crippen LogP contribution in [0.5, 0.6) is 0 Å². The normalized spacial score (nSPS) is 49.4. The van der Waals surface area contributed by atoms with Gasteiger partial charge in [-0.15, -0.1) is 0 Å². The lowest BCUT2D eigenvalue weighted by atomic mass is 9.40. The Labute approximate surface area is 182 Å². The van der Waals surface area contributed by atoms with E-state index < -0.39 is 0 Å². The highest BCUT2D eigenvalue weighted by atomic mass is 14.7. The number of allylic oxidation sites excluding steroid dienone is 2. The van der Waals surface area contributed by atoms with Crippen molar-refractivity contribution < 1.29 is 0 Å². The average molecular weight is 399 g/mol. The smallest absolute Gasteiger partial charge is 0.00850 e. The van der Waals surface area contributed by atoms with Crippen LogP contribution in [-0.4, -0.2) is 0 Å². The summed E-state index contributed by atoms with van der Waals surface area (Å²) in [5.74, 6) is 3.66. The maximum atomic E-state index is 2.76. The Bertz CT molecular complexity index is 642. The topological polar surface area (TPSA) is 0 Å². The predicted octanol–water partition coefficient (Wildman–Crippen LogP) is 9.20. The lowest BCUT2D eigenvalue weighted by Gasteiger charge is -2.64. The molecule has 29 heavy (non-hydrogen) atoms. The first-order valence-corrected chi connectivity index (χ1v) is 13.3. The molecule has 0 aromatic rings. The van der Waals surface area contributed by atoms with Crippen LogP contribution in [0.2, 0.25) is 0 Å². The molecule has 0 heteroatoms. The molecule has 0 aliphatic heterocycles. The zero-order valence-corrected chi connectivity index (χ0v) is 20.9. The molecule has 7 unspecified atom stereocenters. The lowest BCUT2D eigenvalue weighted by molar-refractivity contribution is -0.128. The van der Waals surface area contributed by atoms with E-state index in [1.54, 1.807) is 0 Å². The standard InChI is InChI=1S/C29H50/c1-21(2)10-8-9-15-26(4)18-19-28(6)25-12-11-23-20-22(3)13-16-27(23,5)24(25)14-17-29(26,28)7/h11,21-22,24-25H,8-10,12-20H2,1-7H3. The van der Waals surface area contributed by atoms with Crippen molar-refractivity contribution in [3.8, 4) is 0 Å². The molecule has 0 aromatic carbocycles. The molecule has 0 nitrogen and oxygen atoms in total. The summed E-state index contributed by atoms with van der Waals surface area (Å²) in [5, 5.41) is 0. The molecule has 166 valence electrons. The molecule has 0 saturated heterocycles. The Morgan fingerprint density at radius 3 is 2.41 bits per heavy atom. The number of unbranched alkanes of at least 4 members (excludes halogenated alkanes) is 1. The van der Waals surface area contributed by atoms with Crippen molar-refractivity contribution in [3.63, 3.8) is 0 Å². The fourth-order valence-electron chi connectivity index (χ4n) is 9.13. The summed E-state index contributed by atoms with van der Waals surface area (Å²) in [7, 11) is 0. The number of hydrogen-bond donors (Lipinski definition) is 0. The molecule has 0 aromatic heterocycles. The second-order valence-corrected chi connectivity index (χ2v) is 13.4. The number of fused-ring (bicyclic) bond motifs is 5. The van der Waals surface area contributed by atoms with E-state index in [0.717, 1.165) is 23.7 Å². The van der Waals surface area contributed by atoms with E-state index in [2.05, 4.69) is 54.5 Å². The van der Waals surface area contributed by atoms with E-state index in [4.69, 9.17) is 0 Å². The van der Waals surface area contributed by atoms with Gasteiger partial charge in [-0.1, -0.05) is 79.4 Å². The number of rotatable bonds is 5. The SMILES string of the molecule is CC(C)CCCCC1(C)CCC2(C)C3CC=C4CC(C)CCC4(C)C3CCC12C. The van der Waals surface area contributed by atoms with Gasteiger partial charge in [0.2, 0.25) is 0 Å². The molecular formula is C29H50. The molecule has 4 aliphatic rings. The van der Waals surface area contributed by atoms with Crippen molar-refractivity contribution in [2.45, 2.75) is 126 Å². The summed E-state index contributed by atoms with van der Waals surface area (Å²) in [6.07, 6.45) is 20.2. The monoisotopic (exact) mass is 398 g/mol. The zero-order valence-electron chi connectivity index (χ0n) is 20.9. The van der Waals surface area contributed by atoms with Crippen LogP contribution in [0, 0.1) is 45.3 Å². The van der Waals surface area contributed by atoms with Crippen LogP contribution < -0.4 is 0 Å². The van der Waals surface area contributed by atoms with Crippen molar-refractivity contribution in [2.75, 3.05) is 0 Å². The highest BCUT2D eigenvalue weighted by Crippen LogP contribution is 2.75. The van der Waals surface area contributed by atoms with Crippen molar-refractivity contribution in [3.05, 3.63) is 11.6 Å². The predicted molar refractivity (Wildman–Crippen MR) is 127 cm³/mol. The molecule has 4 aliphatic carbocycles. The first kappa shape index (κ1) is 22.0. The van der Waals surface area contributed by atoms with E-state index in [-0.39, 0.29) is 0 Å². The Kier molecular flexibility index (Phi) is 5.61. The van der Waals surface area contributed by atoms with Gasteiger partial charge in [0, 0.05) is 0 Å². The molecular weight excluding hydrogens is 348 g/mol. The molecule has 4 rings (SSSR count). The highest BCUT2D eigenvalue weighted by Gasteiger charge is 2.67. The minimum Gasteiger partial charge on any atom is -0.0845 e. The van der Waals surface area contributed by atoms with E-state index in [1.165, 1.54) is 77.0 Å². The Balaban J connectivity index is 1.56. The summed E-state index contributed by atoms with van der Waals surface area (Å²) < 4.78 is 0. The fourth-order valence-corrected chi connectivity index (χ4v) is 9.13. The fraction of sp³-hybridized carbons (Fsp3) is 0.931. The third-order valence-corrected chi connectivity index (χ3v) is 11.7. The summed E-state index contributed by atoms with van der Waals surface area (Å²) in [6.45, 7) is 18.1. The van der Waals surface area contributed by atoms with Crippen LogP contribution in [0.3, 0.4) is 0 Å². The second kappa shape index (κ2) is 7.41. The van der Waals surface area contributed by atoms with Gasteiger partial charge < -0.3 is 0 Å². The van der Waals surface area contributed by atoms with Gasteiger partial charge in [0.1, 0.15) is 0 Å². The highest BCUT2D eigenvalue weighted by molar-refractivity contribution is 5.27. The van der Waals surface area contributed by atoms with Crippen molar-refractivity contribution in [2.24, 2.45) is 45.3 Å². The Hall–Kier alpha value is -0.260. The van der Waals surface area contributed by atoms with E-state index in [1.807, 2.05) is 5.57 Å². The van der Waals surface area contributed by atoms with Crippen LogP contribution in [0.25, 0.3) is 0 Å². The molecule has 3 fully saturated rings. The molecule has 0 amide bonds. The van der Waals surface area contributed by atoms with Gasteiger partial charge in [-0.05, 0) is 103 Å². The Morgan fingerprint density at radius 1 is 0.931 bits per heavy atom. The van der Waals surface area contributed by atoms with E-state index in [9.17, 15) is 0 Å². The summed E-state index contributed by atoms with van der Waals surface area (Å²) >= 11 is 0. The van der Waals surface area contributed by atoms with Gasteiger partial charge in [-0.3, -0.25) is 0 Å². The van der Waals surface area contributed by atoms with Gasteiger partial charge in [0.25, 0.3) is 0 Å². The minimum atomic E-state index is 0.524. The third-order valence-electron chi connectivity index (χ3n) is 11.7. The molecule has 7 atom stereocenters. The van der Waals surface area contributed by atoms with Crippen molar-refractivity contribution in [1.29, 1.82) is 0 Å². The average Bonchev–Trinajstić information content (AvgIpc) is 2.87. The molecule has 0 radical (unpaired) electrons. The van der Waals surface area contributed by atoms with Crippen LogP contribution in [-0.2, 0) is 0 Å². The largest absolute Gasteiger partial charge is 0.0845 e. The Morgan fingerprint density at radius 2 is 1.69 bits per heavy atom. The molecule has 3 saturated carbocycles. The van der Waals surface area contributed by atoms with Gasteiger partial charge in [0.05, 0.1) is 0 Å². The zero-order chi connectivity index (χ0) is 21.1. The number of hydrogen-bond acceptors (Lipinski definition) is 0. The van der Waals surface area contributed by atoms with Crippen molar-refractivity contribution in [1.82, 2.24) is 0 Å². The molecule has 0 N–H and O–H groups in total. The van der Waals surface area contributed by atoms with E-state index in [0.29, 0.717) is 21.7 Å². The minimum absolute atomic E-state index is 0.524. The first-order chi connectivity index (χ1) is 13.6. The van der Waals surface area contributed by atoms with Gasteiger partial charge in [-0.2, -0.15) is 0 Å². The molecule has 0 spiro atoms. The van der Waals surface area contributed by atoms with E-state index >= 15 is 0 Å². The summed E-state index contributed by atoms with van der Waals surface area (Å²) in [5.41, 5.74) is 4.05. The first-order valence-electron chi connectivity index (χ1n) is 13.3. The van der Waals surface area contributed by atoms with Gasteiger partial charge >= 0.3 is 0 Å². The van der Waals surface area contributed by atoms with Gasteiger partial charge in [-0.25, -0.2) is 0 Å². The second-order valence-electron chi connectivity index (χ2n) is 13.4. The van der Waals surface area contributed by atoms with Crippen LogP contribution in [0.15, 0.2) is 11.6 Å². The van der Waals surface area contributed by atoms with Crippen LogP contribution >= 0.6 is 0 Å². The third kappa shape index (κ3) is 3.20. The molecule has 0 heterocycles. The molecule has 0 bridgehead atoms. The maximum Gasteiger partial charge on any atom is -0.00850 e. The maximum absolute atomic E-state index is 2.76. The van der Waals surface area contributed by atoms with Crippen LogP contribution in [0.4, 0.5) is 0 Å².